The van der Waals surface area contributed by atoms with Gasteiger partial charge in [0.05, 0.1) is 19.3 Å². The van der Waals surface area contributed by atoms with E-state index < -0.39 is 7.75 Å². The van der Waals surface area contributed by atoms with Crippen molar-refractivity contribution >= 4 is 7.75 Å². The van der Waals surface area contributed by atoms with Crippen LogP contribution in [0.4, 0.5) is 0 Å². The van der Waals surface area contributed by atoms with Crippen LogP contribution >= 0.6 is 7.75 Å². The fourth-order valence-corrected chi connectivity index (χ4v) is 3.72. The molecule has 2 atom stereocenters. The molecule has 1 saturated heterocycles. The first-order valence-electron chi connectivity index (χ1n) is 5.92. The number of hydrogen-bond donors (Lipinski definition) is 0. The molecule has 0 N–H and O–H groups in total. The Morgan fingerprint density at radius 3 is 2.35 bits per heavy atom. The SMILES string of the molecule is CCOP(=O)(OCC)N1CC1c1ccccc1. The van der Waals surface area contributed by atoms with Crippen molar-refractivity contribution in [3.8, 4) is 0 Å². The summed E-state index contributed by atoms with van der Waals surface area (Å²) in [6.07, 6.45) is 0. The minimum absolute atomic E-state index is 0.167. The van der Waals surface area contributed by atoms with Crippen molar-refractivity contribution in [1.82, 2.24) is 4.67 Å². The molecule has 0 saturated carbocycles. The molecule has 1 heterocycles. The van der Waals surface area contributed by atoms with Gasteiger partial charge in [0.15, 0.2) is 0 Å². The molecule has 1 fully saturated rings. The molecule has 1 aromatic carbocycles. The van der Waals surface area contributed by atoms with Gasteiger partial charge in [0.2, 0.25) is 0 Å². The van der Waals surface area contributed by atoms with Gasteiger partial charge in [-0.2, -0.15) is 4.67 Å². The summed E-state index contributed by atoms with van der Waals surface area (Å²) in [4.78, 5) is 0. The van der Waals surface area contributed by atoms with Crippen molar-refractivity contribution < 1.29 is 13.6 Å². The number of nitrogens with zero attached hydrogens (tertiary/aromatic N) is 1. The topological polar surface area (TPSA) is 38.5 Å². The lowest BCUT2D eigenvalue weighted by Gasteiger charge is -2.18. The van der Waals surface area contributed by atoms with Crippen molar-refractivity contribution in [3.63, 3.8) is 0 Å². The molecule has 1 aromatic rings. The summed E-state index contributed by atoms with van der Waals surface area (Å²) >= 11 is 0. The Hall–Kier alpha value is -0.670. The molecule has 0 spiro atoms. The quantitative estimate of drug-likeness (QED) is 0.578. The van der Waals surface area contributed by atoms with Crippen LogP contribution in [0.5, 0.6) is 0 Å². The van der Waals surface area contributed by atoms with E-state index in [0.29, 0.717) is 13.2 Å². The summed E-state index contributed by atoms with van der Waals surface area (Å²) in [7, 11) is -3.07. The fraction of sp³-hybridized carbons (Fsp3) is 0.500. The molecule has 94 valence electrons. The monoisotopic (exact) mass is 255 g/mol. The van der Waals surface area contributed by atoms with E-state index in [1.165, 1.54) is 0 Å². The first-order chi connectivity index (χ1) is 8.21. The van der Waals surface area contributed by atoms with Crippen LogP contribution in [0.15, 0.2) is 30.3 Å². The van der Waals surface area contributed by atoms with Gasteiger partial charge in [0.25, 0.3) is 0 Å². The van der Waals surface area contributed by atoms with E-state index in [-0.39, 0.29) is 6.04 Å². The lowest BCUT2D eigenvalue weighted by molar-refractivity contribution is 0.195. The van der Waals surface area contributed by atoms with Crippen LogP contribution in [-0.4, -0.2) is 24.4 Å². The Bertz CT molecular complexity index is 399. The van der Waals surface area contributed by atoms with Gasteiger partial charge >= 0.3 is 7.75 Å². The minimum atomic E-state index is -3.07. The predicted molar refractivity (Wildman–Crippen MR) is 66.7 cm³/mol. The summed E-state index contributed by atoms with van der Waals surface area (Å²) in [6.45, 7) is 5.19. The van der Waals surface area contributed by atoms with Crippen LogP contribution in [0.1, 0.15) is 25.5 Å². The van der Waals surface area contributed by atoms with Gasteiger partial charge in [0, 0.05) is 6.54 Å². The van der Waals surface area contributed by atoms with E-state index in [9.17, 15) is 4.57 Å². The second-order valence-corrected chi connectivity index (χ2v) is 5.82. The number of hydrogen-bond acceptors (Lipinski definition) is 3. The smallest absolute Gasteiger partial charge is 0.297 e. The molecule has 0 bridgehead atoms. The largest absolute Gasteiger partial charge is 0.408 e. The van der Waals surface area contributed by atoms with Gasteiger partial charge in [-0.3, -0.25) is 9.05 Å². The average Bonchev–Trinajstić information content (AvgIpc) is 3.11. The van der Waals surface area contributed by atoms with E-state index in [1.807, 2.05) is 44.2 Å². The third kappa shape index (κ3) is 2.78. The van der Waals surface area contributed by atoms with Crippen LogP contribution < -0.4 is 0 Å². The molecule has 1 aliphatic rings. The predicted octanol–water partition coefficient (Wildman–Crippen LogP) is 3.22. The van der Waals surface area contributed by atoms with Crippen molar-refractivity contribution in [2.75, 3.05) is 19.8 Å². The fourth-order valence-electron chi connectivity index (χ4n) is 1.87. The van der Waals surface area contributed by atoms with Gasteiger partial charge in [-0.15, -0.1) is 0 Å². The summed E-state index contributed by atoms with van der Waals surface area (Å²) in [5.74, 6) is 0. The molecule has 2 rings (SSSR count). The van der Waals surface area contributed by atoms with E-state index >= 15 is 0 Å². The van der Waals surface area contributed by atoms with Crippen LogP contribution in [0.2, 0.25) is 0 Å². The molecule has 0 aromatic heterocycles. The summed E-state index contributed by atoms with van der Waals surface area (Å²) < 4.78 is 24.9. The molecule has 4 nitrogen and oxygen atoms in total. The van der Waals surface area contributed by atoms with Gasteiger partial charge in [-0.1, -0.05) is 30.3 Å². The Kier molecular flexibility index (Phi) is 4.00. The van der Waals surface area contributed by atoms with Crippen LogP contribution in [0, 0.1) is 0 Å². The highest BCUT2D eigenvalue weighted by Crippen LogP contribution is 2.62. The Balaban J connectivity index is 2.08. The third-order valence-electron chi connectivity index (χ3n) is 2.67. The Morgan fingerprint density at radius 1 is 1.24 bits per heavy atom. The zero-order valence-corrected chi connectivity index (χ0v) is 11.1. The van der Waals surface area contributed by atoms with Crippen molar-refractivity contribution in [2.45, 2.75) is 19.9 Å². The Morgan fingerprint density at radius 2 is 1.82 bits per heavy atom. The van der Waals surface area contributed by atoms with E-state index in [0.717, 1.165) is 12.1 Å². The molecular weight excluding hydrogens is 237 g/mol. The van der Waals surface area contributed by atoms with E-state index in [4.69, 9.17) is 9.05 Å². The molecule has 2 unspecified atom stereocenters. The van der Waals surface area contributed by atoms with Crippen molar-refractivity contribution in [3.05, 3.63) is 35.9 Å². The minimum Gasteiger partial charge on any atom is -0.297 e. The molecule has 17 heavy (non-hydrogen) atoms. The first-order valence-corrected chi connectivity index (χ1v) is 7.42. The van der Waals surface area contributed by atoms with Gasteiger partial charge in [-0.05, 0) is 19.4 Å². The van der Waals surface area contributed by atoms with Gasteiger partial charge < -0.3 is 0 Å². The average molecular weight is 255 g/mol. The second kappa shape index (κ2) is 5.32. The number of benzene rings is 1. The highest BCUT2D eigenvalue weighted by Gasteiger charge is 2.50. The van der Waals surface area contributed by atoms with Crippen LogP contribution in [-0.2, 0) is 13.6 Å². The lowest BCUT2D eigenvalue weighted by atomic mass is 10.2. The van der Waals surface area contributed by atoms with Gasteiger partial charge in [0.1, 0.15) is 0 Å². The lowest BCUT2D eigenvalue weighted by Crippen LogP contribution is -2.04. The molecular formula is C12H18NO3P. The molecule has 0 radical (unpaired) electrons. The third-order valence-corrected chi connectivity index (χ3v) is 4.91. The van der Waals surface area contributed by atoms with Crippen molar-refractivity contribution in [1.29, 1.82) is 0 Å². The zero-order valence-electron chi connectivity index (χ0n) is 10.2. The van der Waals surface area contributed by atoms with Gasteiger partial charge in [-0.25, -0.2) is 4.57 Å². The van der Waals surface area contributed by atoms with E-state index in [1.54, 1.807) is 4.67 Å². The van der Waals surface area contributed by atoms with Crippen molar-refractivity contribution in [2.24, 2.45) is 0 Å². The normalized spacial score (nSPS) is 23.6. The highest BCUT2D eigenvalue weighted by molar-refractivity contribution is 7.51. The maximum atomic E-state index is 12.4. The Labute approximate surface area is 102 Å². The second-order valence-electron chi connectivity index (χ2n) is 3.85. The maximum Gasteiger partial charge on any atom is 0.408 e. The molecule has 1 aliphatic heterocycles. The molecule has 0 amide bonds. The summed E-state index contributed by atoms with van der Waals surface area (Å²) in [5.41, 5.74) is 1.16. The molecule has 0 aliphatic carbocycles. The first kappa shape index (κ1) is 12.8. The van der Waals surface area contributed by atoms with E-state index in [2.05, 4.69) is 0 Å². The standard InChI is InChI=1S/C12H18NO3P/c1-3-15-17(14,16-4-2)13-10-12(13)11-8-6-5-7-9-11/h5-9,12H,3-4,10H2,1-2H3. The highest BCUT2D eigenvalue weighted by atomic mass is 31.2. The molecule has 5 heteroatoms. The maximum absolute atomic E-state index is 12.4. The van der Waals surface area contributed by atoms with Crippen LogP contribution in [0.25, 0.3) is 0 Å². The zero-order chi connectivity index (χ0) is 12.3. The summed E-state index contributed by atoms with van der Waals surface area (Å²) in [5, 5.41) is 0. The van der Waals surface area contributed by atoms with Crippen LogP contribution in [0.3, 0.4) is 0 Å². The summed E-state index contributed by atoms with van der Waals surface area (Å²) in [6, 6.07) is 10.2. The number of rotatable bonds is 6.